The number of thiocarbonyl (C=S) groups is 1. The zero-order valence-electron chi connectivity index (χ0n) is 18.6. The fourth-order valence-corrected chi connectivity index (χ4v) is 4.90. The molecule has 5 rings (SSSR count). The van der Waals surface area contributed by atoms with E-state index in [0.29, 0.717) is 43.2 Å². The number of rotatable bonds is 4. The molecule has 10 heteroatoms. The van der Waals surface area contributed by atoms with Crippen molar-refractivity contribution in [2.24, 2.45) is 0 Å². The number of carbonyl (C=O) groups is 1. The van der Waals surface area contributed by atoms with Crippen LogP contribution < -0.4 is 15.4 Å². The van der Waals surface area contributed by atoms with Crippen molar-refractivity contribution < 1.29 is 19.1 Å². The molecule has 0 atom stereocenters. The molecule has 4 aromatic carbocycles. The monoisotopic (exact) mass is 581 g/mol. The summed E-state index contributed by atoms with van der Waals surface area (Å²) in [5.74, 6) is 0.149. The van der Waals surface area contributed by atoms with Gasteiger partial charge in [-0.1, -0.05) is 35.9 Å². The van der Waals surface area contributed by atoms with Gasteiger partial charge in [0.25, 0.3) is 5.91 Å². The Labute approximate surface area is 224 Å². The molecule has 7 nitrogen and oxygen atoms in total. The van der Waals surface area contributed by atoms with Gasteiger partial charge >= 0.3 is 0 Å². The predicted molar refractivity (Wildman–Crippen MR) is 148 cm³/mol. The molecule has 0 saturated carbocycles. The Kier molecular flexibility index (Phi) is 6.53. The molecule has 0 radical (unpaired) electrons. The van der Waals surface area contributed by atoms with Crippen LogP contribution in [0.25, 0.3) is 33.3 Å². The van der Waals surface area contributed by atoms with Crippen LogP contribution in [0.15, 0.2) is 75.6 Å². The highest BCUT2D eigenvalue weighted by atomic mass is 79.9. The molecule has 1 aromatic heterocycles. The molecule has 0 fully saturated rings. The average Bonchev–Trinajstić information content (AvgIpc) is 3.28. The van der Waals surface area contributed by atoms with Crippen molar-refractivity contribution in [1.29, 1.82) is 0 Å². The summed E-state index contributed by atoms with van der Waals surface area (Å²) < 4.78 is 11.9. The third kappa shape index (κ3) is 4.60. The Morgan fingerprint density at radius 1 is 1.14 bits per heavy atom. The second-order valence-electron chi connectivity index (χ2n) is 7.76. The highest BCUT2D eigenvalue weighted by Crippen LogP contribution is 2.37. The van der Waals surface area contributed by atoms with Gasteiger partial charge in [-0.05, 0) is 81.4 Å². The van der Waals surface area contributed by atoms with Crippen molar-refractivity contribution in [3.63, 3.8) is 0 Å². The second kappa shape index (κ2) is 9.77. The van der Waals surface area contributed by atoms with Crippen LogP contribution in [-0.4, -0.2) is 28.2 Å². The standard InChI is InChI=1S/C26H17BrClN3O4S/c1-34-23-18(10-13-4-2-3-5-16(13)22(23)27)24(33)31-26(36)29-15-7-8-20(32)17(12-15)25-30-19-11-14(28)6-9-21(19)35-25/h2-12,32H,1H3,(H2,29,31,33,36). The Morgan fingerprint density at radius 2 is 1.94 bits per heavy atom. The quantitative estimate of drug-likeness (QED) is 0.157. The molecule has 36 heavy (non-hydrogen) atoms. The van der Waals surface area contributed by atoms with Crippen molar-refractivity contribution in [3.8, 4) is 23.0 Å². The number of carbonyl (C=O) groups excluding carboxylic acids is 1. The largest absolute Gasteiger partial charge is 0.507 e. The van der Waals surface area contributed by atoms with Gasteiger partial charge < -0.3 is 19.6 Å². The molecular weight excluding hydrogens is 566 g/mol. The molecule has 180 valence electrons. The molecule has 1 amide bonds. The predicted octanol–water partition coefficient (Wildman–Crippen LogP) is 6.90. The molecule has 0 bridgehead atoms. The number of fused-ring (bicyclic) bond motifs is 2. The van der Waals surface area contributed by atoms with Crippen LogP contribution in [0.1, 0.15) is 10.4 Å². The molecule has 0 aliphatic carbocycles. The van der Waals surface area contributed by atoms with Crippen molar-refractivity contribution >= 4 is 78.3 Å². The number of oxazole rings is 1. The maximum Gasteiger partial charge on any atom is 0.261 e. The number of nitrogens with one attached hydrogen (secondary N) is 2. The van der Waals surface area contributed by atoms with Crippen molar-refractivity contribution in [2.45, 2.75) is 0 Å². The molecule has 0 spiro atoms. The number of hydrogen-bond donors (Lipinski definition) is 3. The van der Waals surface area contributed by atoms with Crippen LogP contribution in [0.5, 0.6) is 11.5 Å². The van der Waals surface area contributed by atoms with Crippen LogP contribution in [0.4, 0.5) is 5.69 Å². The van der Waals surface area contributed by atoms with Crippen LogP contribution in [0.2, 0.25) is 5.02 Å². The third-order valence-electron chi connectivity index (χ3n) is 5.45. The lowest BCUT2D eigenvalue weighted by Gasteiger charge is -2.15. The zero-order valence-corrected chi connectivity index (χ0v) is 21.8. The summed E-state index contributed by atoms with van der Waals surface area (Å²) in [7, 11) is 1.50. The normalized spacial score (nSPS) is 11.0. The smallest absolute Gasteiger partial charge is 0.261 e. The molecule has 5 aromatic rings. The zero-order chi connectivity index (χ0) is 25.4. The number of halogens is 2. The van der Waals surface area contributed by atoms with E-state index >= 15 is 0 Å². The summed E-state index contributed by atoms with van der Waals surface area (Å²) in [5.41, 5.74) is 2.28. The summed E-state index contributed by atoms with van der Waals surface area (Å²) in [5, 5.41) is 18.4. The molecule has 0 saturated heterocycles. The first-order valence-electron chi connectivity index (χ1n) is 10.6. The summed E-state index contributed by atoms with van der Waals surface area (Å²) in [6.45, 7) is 0. The van der Waals surface area contributed by atoms with Crippen molar-refractivity contribution in [1.82, 2.24) is 10.3 Å². The van der Waals surface area contributed by atoms with E-state index in [1.807, 2.05) is 24.3 Å². The molecule has 0 unspecified atom stereocenters. The Hall–Kier alpha value is -3.66. The van der Waals surface area contributed by atoms with Gasteiger partial charge in [0.1, 0.15) is 17.0 Å². The van der Waals surface area contributed by atoms with E-state index < -0.39 is 5.91 Å². The van der Waals surface area contributed by atoms with E-state index in [1.165, 1.54) is 13.2 Å². The van der Waals surface area contributed by atoms with Gasteiger partial charge in [-0.3, -0.25) is 10.1 Å². The third-order valence-corrected chi connectivity index (χ3v) is 6.68. The molecule has 3 N–H and O–H groups in total. The van der Waals surface area contributed by atoms with Crippen molar-refractivity contribution in [3.05, 3.63) is 81.8 Å². The van der Waals surface area contributed by atoms with Crippen LogP contribution >= 0.6 is 39.7 Å². The topological polar surface area (TPSA) is 96.6 Å². The van der Waals surface area contributed by atoms with Crippen LogP contribution in [0, 0.1) is 0 Å². The number of ether oxygens (including phenoxy) is 1. The number of benzene rings is 4. The summed E-state index contributed by atoms with van der Waals surface area (Å²) in [4.78, 5) is 17.5. The number of aromatic hydroxyl groups is 1. The number of nitrogens with zero attached hydrogens (tertiary/aromatic N) is 1. The second-order valence-corrected chi connectivity index (χ2v) is 9.40. The van der Waals surface area contributed by atoms with Crippen LogP contribution in [0.3, 0.4) is 0 Å². The molecule has 1 heterocycles. The first-order valence-corrected chi connectivity index (χ1v) is 12.2. The first kappa shape index (κ1) is 24.1. The number of aromatic nitrogens is 1. The highest BCUT2D eigenvalue weighted by Gasteiger charge is 2.19. The van der Waals surface area contributed by atoms with E-state index in [2.05, 4.69) is 31.5 Å². The Morgan fingerprint density at radius 3 is 2.75 bits per heavy atom. The lowest BCUT2D eigenvalue weighted by molar-refractivity contribution is 0.0975. The van der Waals surface area contributed by atoms with Crippen LogP contribution in [-0.2, 0) is 0 Å². The number of amides is 1. The lowest BCUT2D eigenvalue weighted by Crippen LogP contribution is -2.34. The maximum absolute atomic E-state index is 13.1. The Bertz CT molecular complexity index is 1670. The summed E-state index contributed by atoms with van der Waals surface area (Å²) in [6, 6.07) is 19.2. The summed E-state index contributed by atoms with van der Waals surface area (Å²) >= 11 is 14.9. The molecule has 0 aliphatic heterocycles. The fraction of sp³-hybridized carbons (Fsp3) is 0.0385. The summed E-state index contributed by atoms with van der Waals surface area (Å²) in [6.07, 6.45) is 0. The minimum absolute atomic E-state index is 0.0288. The molecular formula is C26H17BrClN3O4S. The number of hydrogen-bond acceptors (Lipinski definition) is 6. The number of phenols is 1. The molecule has 0 aliphatic rings. The van der Waals surface area contributed by atoms with E-state index in [9.17, 15) is 9.90 Å². The first-order chi connectivity index (χ1) is 17.3. The van der Waals surface area contributed by atoms with E-state index in [-0.39, 0.29) is 16.8 Å². The van der Waals surface area contributed by atoms with Gasteiger partial charge in [-0.15, -0.1) is 0 Å². The number of methoxy groups -OCH3 is 1. The maximum atomic E-state index is 13.1. The van der Waals surface area contributed by atoms with Gasteiger partial charge in [-0.25, -0.2) is 4.98 Å². The van der Waals surface area contributed by atoms with Gasteiger partial charge in [0.15, 0.2) is 10.7 Å². The minimum atomic E-state index is -0.439. The van der Waals surface area contributed by atoms with E-state index in [1.54, 1.807) is 36.4 Å². The average molecular weight is 583 g/mol. The van der Waals surface area contributed by atoms with Gasteiger partial charge in [-0.2, -0.15) is 0 Å². The Balaban J connectivity index is 1.38. The fourth-order valence-electron chi connectivity index (χ4n) is 3.79. The van der Waals surface area contributed by atoms with Crippen molar-refractivity contribution in [2.75, 3.05) is 12.4 Å². The van der Waals surface area contributed by atoms with E-state index in [0.717, 1.165) is 10.8 Å². The lowest BCUT2D eigenvalue weighted by atomic mass is 10.1. The number of phenolic OH excluding ortho intramolecular Hbond substituents is 1. The van der Waals surface area contributed by atoms with Gasteiger partial charge in [0, 0.05) is 10.7 Å². The highest BCUT2D eigenvalue weighted by molar-refractivity contribution is 9.10. The number of anilines is 1. The minimum Gasteiger partial charge on any atom is -0.507 e. The van der Waals surface area contributed by atoms with Gasteiger partial charge in [0.2, 0.25) is 5.89 Å². The SMILES string of the molecule is COc1c(C(=O)NC(=S)Nc2ccc(O)c(-c3nc4cc(Cl)ccc4o3)c2)cc2ccccc2c1Br. The van der Waals surface area contributed by atoms with Gasteiger partial charge in [0.05, 0.1) is 22.7 Å². The van der Waals surface area contributed by atoms with E-state index in [4.69, 9.17) is 33.0 Å².